The molecule has 0 aliphatic carbocycles. The Morgan fingerprint density at radius 2 is 1.58 bits per heavy atom. The maximum atomic E-state index is 13.4. The number of amides is 1. The zero-order valence-electron chi connectivity index (χ0n) is 12.8. The number of nitrogens with one attached hydrogen (secondary N) is 1. The monoisotopic (exact) mass is 353 g/mol. The van der Waals surface area contributed by atoms with E-state index in [4.69, 9.17) is 0 Å². The molecular weight excluding hydrogens is 336 g/mol. The highest BCUT2D eigenvalue weighted by atomic mass is 32.2. The van der Waals surface area contributed by atoms with Gasteiger partial charge < -0.3 is 5.32 Å². The summed E-state index contributed by atoms with van der Waals surface area (Å²) in [5.41, 5.74) is 0.368. The lowest BCUT2D eigenvalue weighted by Crippen LogP contribution is -2.25. The van der Waals surface area contributed by atoms with E-state index < -0.39 is 38.8 Å². The molecule has 0 bridgehead atoms. The van der Waals surface area contributed by atoms with Gasteiger partial charge in [0.25, 0.3) is 0 Å². The molecule has 0 aliphatic heterocycles. The topological polar surface area (TPSA) is 63.2 Å². The van der Waals surface area contributed by atoms with Crippen LogP contribution in [0.2, 0.25) is 0 Å². The predicted molar refractivity (Wildman–Crippen MR) is 88.4 cm³/mol. The second-order valence-corrected chi connectivity index (χ2v) is 7.51. The van der Waals surface area contributed by atoms with Crippen LogP contribution in [0.1, 0.15) is 12.0 Å². The van der Waals surface area contributed by atoms with Crippen LogP contribution in [-0.2, 0) is 21.1 Å². The minimum Gasteiger partial charge on any atom is -0.320 e. The summed E-state index contributed by atoms with van der Waals surface area (Å²) in [6.07, 6.45) is 0.942. The number of sulfone groups is 1. The van der Waals surface area contributed by atoms with Gasteiger partial charge in [-0.25, -0.2) is 17.2 Å². The van der Waals surface area contributed by atoms with Gasteiger partial charge in [0, 0.05) is 0 Å². The Kier molecular flexibility index (Phi) is 6.03. The first-order valence-corrected chi connectivity index (χ1v) is 9.18. The first kappa shape index (κ1) is 18.1. The van der Waals surface area contributed by atoms with Gasteiger partial charge >= 0.3 is 0 Å². The van der Waals surface area contributed by atoms with Gasteiger partial charge in [0.15, 0.2) is 9.84 Å². The maximum absolute atomic E-state index is 13.4. The minimum atomic E-state index is -3.65. The average Bonchev–Trinajstić information content (AvgIpc) is 2.51. The third kappa shape index (κ3) is 5.42. The van der Waals surface area contributed by atoms with Gasteiger partial charge in [0.2, 0.25) is 5.91 Å². The molecule has 1 N–H and O–H groups in total. The third-order valence-electron chi connectivity index (χ3n) is 3.34. The van der Waals surface area contributed by atoms with Crippen LogP contribution in [0.25, 0.3) is 0 Å². The fourth-order valence-corrected chi connectivity index (χ4v) is 3.41. The smallest absolute Gasteiger partial charge is 0.239 e. The molecular formula is C17H17F2NO3S. The molecule has 0 spiro atoms. The highest BCUT2D eigenvalue weighted by Crippen LogP contribution is 2.18. The highest BCUT2D eigenvalue weighted by Gasteiger charge is 2.19. The largest absolute Gasteiger partial charge is 0.320 e. The number of carbonyl (C=O) groups is 1. The van der Waals surface area contributed by atoms with Crippen LogP contribution in [0, 0.1) is 11.6 Å². The van der Waals surface area contributed by atoms with E-state index in [9.17, 15) is 22.0 Å². The average molecular weight is 353 g/mol. The lowest BCUT2D eigenvalue weighted by atomic mass is 10.1. The van der Waals surface area contributed by atoms with Crippen LogP contribution in [0.15, 0.2) is 48.5 Å². The van der Waals surface area contributed by atoms with Crippen molar-refractivity contribution < 1.29 is 22.0 Å². The van der Waals surface area contributed by atoms with E-state index >= 15 is 0 Å². The van der Waals surface area contributed by atoms with Gasteiger partial charge in [0.05, 0.1) is 5.75 Å². The normalized spacial score (nSPS) is 11.2. The van der Waals surface area contributed by atoms with Crippen molar-refractivity contribution in [3.05, 3.63) is 65.7 Å². The molecule has 128 valence electrons. The van der Waals surface area contributed by atoms with Crippen molar-refractivity contribution in [3.63, 3.8) is 0 Å². The quantitative estimate of drug-likeness (QED) is 0.832. The maximum Gasteiger partial charge on any atom is 0.239 e. The van der Waals surface area contributed by atoms with Crippen molar-refractivity contribution in [1.82, 2.24) is 0 Å². The van der Waals surface area contributed by atoms with Gasteiger partial charge in [0.1, 0.15) is 23.1 Å². The number of aryl methyl sites for hydroxylation is 1. The first-order valence-electron chi connectivity index (χ1n) is 7.35. The summed E-state index contributed by atoms with van der Waals surface area (Å²) in [5, 5.41) is 1.97. The second-order valence-electron chi connectivity index (χ2n) is 5.33. The molecule has 2 aromatic carbocycles. The number of para-hydroxylation sites is 1. The van der Waals surface area contributed by atoms with Crippen molar-refractivity contribution in [3.8, 4) is 0 Å². The molecule has 0 saturated heterocycles. The standard InChI is InChI=1S/C17H17F2NO3S/c18-14-9-4-10-15(19)17(14)20-16(21)12-24(22,23)11-5-8-13-6-2-1-3-7-13/h1-4,6-7,9-10H,5,8,11-12H2,(H,20,21). The fraction of sp³-hybridized carbons (Fsp3) is 0.235. The first-order chi connectivity index (χ1) is 11.4. The lowest BCUT2D eigenvalue weighted by molar-refractivity contribution is -0.113. The summed E-state index contributed by atoms with van der Waals surface area (Å²) >= 11 is 0. The van der Waals surface area contributed by atoms with E-state index in [1.807, 2.05) is 35.6 Å². The molecule has 0 unspecified atom stereocenters. The van der Waals surface area contributed by atoms with Gasteiger partial charge in [-0.1, -0.05) is 36.4 Å². The molecule has 0 saturated carbocycles. The molecule has 0 fully saturated rings. The van der Waals surface area contributed by atoms with Crippen LogP contribution < -0.4 is 5.32 Å². The Balaban J connectivity index is 1.88. The van der Waals surface area contributed by atoms with E-state index in [0.717, 1.165) is 23.8 Å². The summed E-state index contributed by atoms with van der Waals surface area (Å²) in [6, 6.07) is 12.5. The van der Waals surface area contributed by atoms with Crippen LogP contribution in [0.3, 0.4) is 0 Å². The molecule has 4 nitrogen and oxygen atoms in total. The number of carbonyl (C=O) groups excluding carboxylic acids is 1. The molecule has 1 amide bonds. The number of hydrogen-bond donors (Lipinski definition) is 1. The number of benzene rings is 2. The van der Waals surface area contributed by atoms with Crippen molar-refractivity contribution in [2.75, 3.05) is 16.8 Å². The molecule has 0 heterocycles. The second kappa shape index (κ2) is 8.01. The molecule has 2 rings (SSSR count). The number of anilines is 1. The molecule has 0 aromatic heterocycles. The van der Waals surface area contributed by atoms with Crippen LogP contribution in [0.4, 0.5) is 14.5 Å². The summed E-state index contributed by atoms with van der Waals surface area (Å²) < 4.78 is 50.7. The van der Waals surface area contributed by atoms with Crippen molar-refractivity contribution in [2.45, 2.75) is 12.8 Å². The van der Waals surface area contributed by atoms with Gasteiger partial charge in [-0.3, -0.25) is 4.79 Å². The molecule has 0 atom stereocenters. The van der Waals surface area contributed by atoms with E-state index in [1.54, 1.807) is 0 Å². The predicted octanol–water partition coefficient (Wildman–Crippen LogP) is 2.95. The summed E-state index contributed by atoms with van der Waals surface area (Å²) in [6.45, 7) is 0. The molecule has 0 aliphatic rings. The minimum absolute atomic E-state index is 0.172. The number of halogens is 2. The van der Waals surface area contributed by atoms with Crippen LogP contribution >= 0.6 is 0 Å². The van der Waals surface area contributed by atoms with Crippen molar-refractivity contribution in [2.24, 2.45) is 0 Å². The summed E-state index contributed by atoms with van der Waals surface area (Å²) in [7, 11) is -3.65. The van der Waals surface area contributed by atoms with E-state index in [2.05, 4.69) is 0 Å². The molecule has 0 radical (unpaired) electrons. The fourth-order valence-electron chi connectivity index (χ4n) is 2.21. The SMILES string of the molecule is O=C(CS(=O)(=O)CCCc1ccccc1)Nc1c(F)cccc1F. The Hall–Kier alpha value is -2.28. The molecule has 24 heavy (non-hydrogen) atoms. The lowest BCUT2D eigenvalue weighted by Gasteiger charge is -2.08. The number of rotatable bonds is 7. The Morgan fingerprint density at radius 1 is 0.958 bits per heavy atom. The molecule has 7 heteroatoms. The third-order valence-corrected chi connectivity index (χ3v) is 4.95. The summed E-state index contributed by atoms with van der Waals surface area (Å²) in [4.78, 5) is 11.7. The Morgan fingerprint density at radius 3 is 2.21 bits per heavy atom. The van der Waals surface area contributed by atoms with Crippen LogP contribution in [-0.4, -0.2) is 25.8 Å². The zero-order valence-corrected chi connectivity index (χ0v) is 13.7. The Bertz CT molecular complexity index is 788. The van der Waals surface area contributed by atoms with E-state index in [-0.39, 0.29) is 5.75 Å². The van der Waals surface area contributed by atoms with Gasteiger partial charge in [-0.15, -0.1) is 0 Å². The highest BCUT2D eigenvalue weighted by molar-refractivity contribution is 7.92. The number of hydrogen-bond acceptors (Lipinski definition) is 3. The van der Waals surface area contributed by atoms with E-state index in [1.165, 1.54) is 0 Å². The van der Waals surface area contributed by atoms with Gasteiger partial charge in [-0.2, -0.15) is 0 Å². The molecule has 2 aromatic rings. The van der Waals surface area contributed by atoms with Crippen molar-refractivity contribution >= 4 is 21.4 Å². The van der Waals surface area contributed by atoms with Crippen LogP contribution in [0.5, 0.6) is 0 Å². The Labute approximate surface area is 139 Å². The zero-order chi connectivity index (χ0) is 17.6. The van der Waals surface area contributed by atoms with Crippen molar-refractivity contribution in [1.29, 1.82) is 0 Å². The van der Waals surface area contributed by atoms with Gasteiger partial charge in [-0.05, 0) is 30.5 Å². The van der Waals surface area contributed by atoms with E-state index in [0.29, 0.717) is 12.8 Å². The summed E-state index contributed by atoms with van der Waals surface area (Å²) in [5.74, 6) is -3.85.